The maximum absolute atomic E-state index is 15.9. The van der Waals surface area contributed by atoms with Gasteiger partial charge in [-0.2, -0.15) is 10.1 Å². The Bertz CT molecular complexity index is 2180. The van der Waals surface area contributed by atoms with E-state index in [2.05, 4.69) is 9.80 Å². The van der Waals surface area contributed by atoms with Crippen molar-refractivity contribution in [1.29, 1.82) is 0 Å². The molecular weight excluding hydrogens is 741 g/mol. The summed E-state index contributed by atoms with van der Waals surface area (Å²) in [6, 6.07) is 16.6. The summed E-state index contributed by atoms with van der Waals surface area (Å²) in [7, 11) is 6.65. The number of piperidine rings is 1. The molecule has 296 valence electrons. The minimum Gasteiger partial charge on any atom is -0.496 e. The van der Waals surface area contributed by atoms with Gasteiger partial charge in [-0.1, -0.05) is 41.9 Å². The van der Waals surface area contributed by atoms with Gasteiger partial charge in [-0.3, -0.25) is 14.6 Å². The molecule has 0 amide bonds. The van der Waals surface area contributed by atoms with E-state index in [9.17, 15) is 9.90 Å². The van der Waals surface area contributed by atoms with Crippen molar-refractivity contribution in [3.8, 4) is 45.5 Å². The zero-order valence-electron chi connectivity index (χ0n) is 32.0. The standard InChI is InChI=1S/C42H47ClFN5O7/c1-47(35-13-16-56-24-36(35)50)22-32-38(54-3)20-39(46-42(32)55-4)49-34-10-6-8-28(30(34)21-45-49)29-9-5-7-27(41(29)43)26-18-33(44)31(37(19-26)53-2)23-48-14-11-25(12-15-48)17-40(51)52/h5-10,18-21,25,35-36,50H,11-17,22-24H2,1-4H3,(H,51,52)/t35-,36+/m1/s1. The topological polar surface area (TPSA) is 132 Å². The molecule has 56 heavy (non-hydrogen) atoms. The predicted molar refractivity (Wildman–Crippen MR) is 211 cm³/mol. The third-order valence-corrected chi connectivity index (χ3v) is 11.5. The fraction of sp³-hybridized carbons (Fsp3) is 0.405. The first kappa shape index (κ1) is 39.4. The van der Waals surface area contributed by atoms with Crippen LogP contribution in [0.1, 0.15) is 36.8 Å². The molecule has 2 fully saturated rings. The normalized spacial score (nSPS) is 18.1. The van der Waals surface area contributed by atoms with Gasteiger partial charge in [0.1, 0.15) is 17.3 Å². The third-order valence-electron chi connectivity index (χ3n) is 11.1. The number of halogens is 2. The molecule has 0 aliphatic carbocycles. The van der Waals surface area contributed by atoms with E-state index in [0.717, 1.165) is 40.4 Å². The number of aliphatic hydroxyl groups is 1. The Labute approximate surface area is 330 Å². The van der Waals surface area contributed by atoms with Crippen molar-refractivity contribution >= 4 is 28.5 Å². The molecule has 0 spiro atoms. The second-order valence-electron chi connectivity index (χ2n) is 14.5. The van der Waals surface area contributed by atoms with Gasteiger partial charge in [0.05, 0.1) is 56.3 Å². The average Bonchev–Trinajstić information content (AvgIpc) is 3.64. The highest BCUT2D eigenvalue weighted by molar-refractivity contribution is 6.36. The van der Waals surface area contributed by atoms with Crippen LogP contribution >= 0.6 is 11.6 Å². The molecule has 5 aromatic rings. The number of carboxylic acids is 1. The lowest BCUT2D eigenvalue weighted by Crippen LogP contribution is -2.47. The van der Waals surface area contributed by atoms with Crippen molar-refractivity contribution < 1.29 is 38.3 Å². The van der Waals surface area contributed by atoms with Crippen LogP contribution in [-0.2, 0) is 22.6 Å². The summed E-state index contributed by atoms with van der Waals surface area (Å²) >= 11 is 7.19. The number of likely N-dealkylation sites (N-methyl/N-ethyl adjacent to an activating group) is 1. The number of nitrogens with zero attached hydrogens (tertiary/aromatic N) is 5. The summed E-state index contributed by atoms with van der Waals surface area (Å²) in [6.07, 6.45) is 3.56. The van der Waals surface area contributed by atoms with Crippen LogP contribution in [-0.4, -0.2) is 108 Å². The lowest BCUT2D eigenvalue weighted by atomic mass is 9.93. The summed E-state index contributed by atoms with van der Waals surface area (Å²) in [5, 5.41) is 25.7. The third kappa shape index (κ3) is 8.05. The number of benzene rings is 3. The molecule has 0 unspecified atom stereocenters. The van der Waals surface area contributed by atoms with Crippen LogP contribution in [0.4, 0.5) is 4.39 Å². The number of aliphatic hydroxyl groups excluding tert-OH is 1. The summed E-state index contributed by atoms with van der Waals surface area (Å²) in [5.74, 6) is 0.844. The predicted octanol–water partition coefficient (Wildman–Crippen LogP) is 6.84. The Balaban J connectivity index is 1.18. The van der Waals surface area contributed by atoms with Crippen LogP contribution in [0.25, 0.3) is 39.0 Å². The number of carboxylic acid groups (broad SMARTS) is 1. The lowest BCUT2D eigenvalue weighted by Gasteiger charge is -2.35. The fourth-order valence-electron chi connectivity index (χ4n) is 8.06. The first-order chi connectivity index (χ1) is 27.1. The van der Waals surface area contributed by atoms with E-state index in [-0.39, 0.29) is 18.4 Å². The highest BCUT2D eigenvalue weighted by Gasteiger charge is 2.30. The molecule has 2 aromatic heterocycles. The molecule has 0 bridgehead atoms. The Kier molecular flexibility index (Phi) is 12.1. The highest BCUT2D eigenvalue weighted by Crippen LogP contribution is 2.42. The first-order valence-corrected chi connectivity index (χ1v) is 19.1. The number of likely N-dealkylation sites (tertiary alicyclic amines) is 1. The van der Waals surface area contributed by atoms with Crippen molar-refractivity contribution in [2.45, 2.75) is 50.9 Å². The molecule has 4 heterocycles. The number of hydrogen-bond donors (Lipinski definition) is 2. The maximum Gasteiger partial charge on any atom is 0.303 e. The van der Waals surface area contributed by atoms with Crippen molar-refractivity contribution in [3.05, 3.63) is 82.8 Å². The molecule has 2 N–H and O–H groups in total. The summed E-state index contributed by atoms with van der Waals surface area (Å²) in [4.78, 5) is 20.2. The van der Waals surface area contributed by atoms with Crippen molar-refractivity contribution in [2.24, 2.45) is 5.92 Å². The summed E-state index contributed by atoms with van der Waals surface area (Å²) < 4.78 is 40.4. The van der Waals surface area contributed by atoms with Gasteiger partial charge < -0.3 is 29.2 Å². The number of carbonyl (C=O) groups is 1. The monoisotopic (exact) mass is 787 g/mol. The zero-order valence-corrected chi connectivity index (χ0v) is 32.8. The minimum atomic E-state index is -0.782. The van der Waals surface area contributed by atoms with Gasteiger partial charge in [-0.25, -0.2) is 9.07 Å². The quantitative estimate of drug-likeness (QED) is 0.130. The van der Waals surface area contributed by atoms with E-state index in [1.165, 1.54) is 13.2 Å². The SMILES string of the molecule is COc1cc(-c2cccc(-c3cccc4c3cnn4-c3cc(OC)c(CN(C)[C@@H]4CCOC[C@@H]4O)c(OC)n3)c2Cl)cc(F)c1CN1CCC(CC(=O)O)CC1. The summed E-state index contributed by atoms with van der Waals surface area (Å²) in [5.41, 5.74) is 4.80. The van der Waals surface area contributed by atoms with E-state index in [1.807, 2.05) is 55.6 Å². The number of aliphatic carboxylic acids is 1. The van der Waals surface area contributed by atoms with Crippen molar-refractivity contribution in [1.82, 2.24) is 24.6 Å². The molecule has 2 atom stereocenters. The number of methoxy groups -OCH3 is 3. The molecule has 3 aromatic carbocycles. The van der Waals surface area contributed by atoms with Crippen LogP contribution < -0.4 is 14.2 Å². The lowest BCUT2D eigenvalue weighted by molar-refractivity contribution is -0.138. The van der Waals surface area contributed by atoms with Crippen LogP contribution in [0.2, 0.25) is 5.02 Å². The minimum absolute atomic E-state index is 0.0792. The van der Waals surface area contributed by atoms with Crippen molar-refractivity contribution in [3.63, 3.8) is 0 Å². The average molecular weight is 788 g/mol. The van der Waals surface area contributed by atoms with Crippen LogP contribution in [0.15, 0.2) is 60.8 Å². The number of pyridine rings is 1. The number of ether oxygens (including phenoxy) is 4. The number of aromatic nitrogens is 3. The molecule has 7 rings (SSSR count). The molecule has 0 radical (unpaired) electrons. The zero-order chi connectivity index (χ0) is 39.5. The van der Waals surface area contributed by atoms with Gasteiger partial charge >= 0.3 is 5.97 Å². The Morgan fingerprint density at radius 3 is 2.41 bits per heavy atom. The van der Waals surface area contributed by atoms with E-state index >= 15 is 4.39 Å². The van der Waals surface area contributed by atoms with Crippen LogP contribution in [0, 0.1) is 11.7 Å². The summed E-state index contributed by atoms with van der Waals surface area (Å²) in [6.45, 7) is 3.07. The Morgan fingerprint density at radius 2 is 1.70 bits per heavy atom. The van der Waals surface area contributed by atoms with Crippen LogP contribution in [0.5, 0.6) is 17.4 Å². The fourth-order valence-corrected chi connectivity index (χ4v) is 8.40. The number of hydrogen-bond acceptors (Lipinski definition) is 10. The van der Waals surface area contributed by atoms with Gasteiger partial charge in [-0.05, 0) is 74.6 Å². The number of fused-ring (bicyclic) bond motifs is 1. The van der Waals surface area contributed by atoms with E-state index in [1.54, 1.807) is 25.1 Å². The molecule has 14 heteroatoms. The second kappa shape index (κ2) is 17.1. The van der Waals surface area contributed by atoms with E-state index in [0.29, 0.717) is 90.7 Å². The van der Waals surface area contributed by atoms with Gasteiger partial charge in [-0.15, -0.1) is 0 Å². The molecule has 2 aliphatic heterocycles. The molecule has 12 nitrogen and oxygen atoms in total. The molecule has 2 saturated heterocycles. The number of rotatable bonds is 13. The van der Waals surface area contributed by atoms with E-state index < -0.39 is 17.9 Å². The second-order valence-corrected chi connectivity index (χ2v) is 14.9. The van der Waals surface area contributed by atoms with Crippen LogP contribution in [0.3, 0.4) is 0 Å². The Morgan fingerprint density at radius 1 is 0.982 bits per heavy atom. The highest BCUT2D eigenvalue weighted by atomic mass is 35.5. The van der Waals surface area contributed by atoms with Gasteiger partial charge in [0.2, 0.25) is 5.88 Å². The van der Waals surface area contributed by atoms with Crippen molar-refractivity contribution in [2.75, 3.05) is 54.7 Å². The maximum atomic E-state index is 15.9. The van der Waals surface area contributed by atoms with Gasteiger partial charge in [0, 0.05) is 60.3 Å². The first-order valence-electron chi connectivity index (χ1n) is 18.7. The molecule has 2 aliphatic rings. The molecular formula is C42H47ClFN5O7. The molecule has 0 saturated carbocycles. The largest absolute Gasteiger partial charge is 0.496 e. The van der Waals surface area contributed by atoms with Gasteiger partial charge in [0.25, 0.3) is 0 Å². The smallest absolute Gasteiger partial charge is 0.303 e. The van der Waals surface area contributed by atoms with E-state index in [4.69, 9.17) is 45.7 Å². The van der Waals surface area contributed by atoms with Gasteiger partial charge in [0.15, 0.2) is 5.82 Å². The Hall–Kier alpha value is -4.79.